The fourth-order valence-electron chi connectivity index (χ4n) is 2.82. The molecule has 1 saturated carbocycles. The van der Waals surface area contributed by atoms with Crippen LogP contribution in [0.2, 0.25) is 0 Å². The van der Waals surface area contributed by atoms with Crippen molar-refractivity contribution in [2.45, 2.75) is 38.6 Å². The first-order valence-electron chi connectivity index (χ1n) is 7.12. The predicted molar refractivity (Wildman–Crippen MR) is 75.2 cm³/mol. The zero-order chi connectivity index (χ0) is 13.2. The van der Waals surface area contributed by atoms with Crippen LogP contribution in [0.5, 0.6) is 0 Å². The van der Waals surface area contributed by atoms with Crippen LogP contribution in [0, 0.1) is 5.92 Å². The fourth-order valence-corrected chi connectivity index (χ4v) is 2.82. The van der Waals surface area contributed by atoms with Crippen LogP contribution in [0.15, 0.2) is 27.4 Å². The number of hydrogen-bond acceptors (Lipinski definition) is 3. The normalized spacial score (nSPS) is 17.5. The van der Waals surface area contributed by atoms with Gasteiger partial charge in [0, 0.05) is 6.04 Å². The topological polar surface area (TPSA) is 58.0 Å². The van der Waals surface area contributed by atoms with E-state index < -0.39 is 0 Å². The van der Waals surface area contributed by atoms with Crippen LogP contribution in [0.4, 0.5) is 0 Å². The lowest BCUT2D eigenvalue weighted by Gasteiger charge is -2.30. The van der Waals surface area contributed by atoms with E-state index in [9.17, 15) is 4.79 Å². The Bertz CT molecular complexity index is 610. The Kier molecular flexibility index (Phi) is 3.42. The lowest BCUT2D eigenvalue weighted by molar-refractivity contribution is 0.262. The molecule has 19 heavy (non-hydrogen) atoms. The van der Waals surface area contributed by atoms with Crippen molar-refractivity contribution in [3.05, 3.63) is 34.3 Å². The molecule has 1 aliphatic rings. The van der Waals surface area contributed by atoms with Gasteiger partial charge in [-0.15, -0.1) is 0 Å². The Hall–Kier alpha value is -1.55. The van der Waals surface area contributed by atoms with E-state index in [1.807, 2.05) is 12.1 Å². The summed E-state index contributed by atoms with van der Waals surface area (Å²) >= 11 is 0. The molecule has 0 amide bonds. The molecule has 2 aromatic rings. The Morgan fingerprint density at radius 1 is 1.47 bits per heavy atom. The Morgan fingerprint density at radius 2 is 2.32 bits per heavy atom. The van der Waals surface area contributed by atoms with Gasteiger partial charge >= 0.3 is 5.76 Å². The molecule has 1 atom stereocenters. The minimum atomic E-state index is -0.383. The zero-order valence-electron chi connectivity index (χ0n) is 11.2. The molecule has 4 heteroatoms. The third-order valence-corrected chi connectivity index (χ3v) is 4.09. The molecule has 1 aromatic heterocycles. The molecule has 1 aliphatic carbocycles. The molecule has 0 bridgehead atoms. The highest BCUT2D eigenvalue weighted by Gasteiger charge is 2.23. The highest BCUT2D eigenvalue weighted by molar-refractivity contribution is 5.72. The van der Waals surface area contributed by atoms with Gasteiger partial charge in [-0.05, 0) is 36.6 Å². The molecule has 0 spiro atoms. The van der Waals surface area contributed by atoms with Crippen LogP contribution in [-0.2, 0) is 0 Å². The van der Waals surface area contributed by atoms with Crippen molar-refractivity contribution in [2.75, 3.05) is 6.54 Å². The first-order chi connectivity index (χ1) is 9.26. The maximum absolute atomic E-state index is 11.2. The molecule has 1 fully saturated rings. The number of H-pyrrole nitrogens is 1. The van der Waals surface area contributed by atoms with Gasteiger partial charge in [0.2, 0.25) is 0 Å². The van der Waals surface area contributed by atoms with Gasteiger partial charge in [-0.1, -0.05) is 32.3 Å². The van der Waals surface area contributed by atoms with E-state index in [0.717, 1.165) is 18.0 Å². The van der Waals surface area contributed by atoms with Gasteiger partial charge in [0.15, 0.2) is 5.58 Å². The summed E-state index contributed by atoms with van der Waals surface area (Å²) in [6, 6.07) is 6.36. The lowest BCUT2D eigenvalue weighted by Crippen LogP contribution is -2.25. The molecule has 2 N–H and O–H groups in total. The highest BCUT2D eigenvalue weighted by atomic mass is 16.4. The van der Waals surface area contributed by atoms with Gasteiger partial charge < -0.3 is 9.73 Å². The molecular formula is C15H20N2O2. The van der Waals surface area contributed by atoms with E-state index >= 15 is 0 Å². The van der Waals surface area contributed by atoms with Gasteiger partial charge in [0.1, 0.15) is 0 Å². The Morgan fingerprint density at radius 3 is 3.00 bits per heavy atom. The summed E-state index contributed by atoms with van der Waals surface area (Å²) in [5.41, 5.74) is 2.63. The van der Waals surface area contributed by atoms with E-state index in [2.05, 4.69) is 23.3 Å². The Balaban J connectivity index is 1.86. The molecule has 3 rings (SSSR count). The van der Waals surface area contributed by atoms with Crippen LogP contribution < -0.4 is 11.1 Å². The average Bonchev–Trinajstić information content (AvgIpc) is 2.71. The molecule has 0 saturated heterocycles. The summed E-state index contributed by atoms with van der Waals surface area (Å²) in [5, 5.41) is 3.54. The first kappa shape index (κ1) is 12.5. The first-order valence-corrected chi connectivity index (χ1v) is 7.12. The molecule has 0 radical (unpaired) electrons. The van der Waals surface area contributed by atoms with Crippen molar-refractivity contribution in [1.29, 1.82) is 0 Å². The van der Waals surface area contributed by atoms with Crippen molar-refractivity contribution in [3.63, 3.8) is 0 Å². The van der Waals surface area contributed by atoms with Gasteiger partial charge in [-0.2, -0.15) is 0 Å². The molecule has 1 heterocycles. The smallest absolute Gasteiger partial charge is 0.408 e. The number of benzene rings is 1. The number of nitrogens with one attached hydrogen (secondary N) is 2. The van der Waals surface area contributed by atoms with Crippen LogP contribution in [0.3, 0.4) is 0 Å². The number of aromatic amines is 1. The van der Waals surface area contributed by atoms with Crippen LogP contribution in [0.25, 0.3) is 11.1 Å². The van der Waals surface area contributed by atoms with E-state index in [1.54, 1.807) is 0 Å². The van der Waals surface area contributed by atoms with Crippen LogP contribution in [0.1, 0.15) is 44.2 Å². The van der Waals surface area contributed by atoms with Crippen molar-refractivity contribution in [1.82, 2.24) is 10.3 Å². The largest absolute Gasteiger partial charge is 0.417 e. The summed E-state index contributed by atoms with van der Waals surface area (Å²) in [6.45, 7) is 3.08. The summed E-state index contributed by atoms with van der Waals surface area (Å²) < 4.78 is 5.14. The van der Waals surface area contributed by atoms with Gasteiger partial charge in [0.25, 0.3) is 0 Å². The van der Waals surface area contributed by atoms with Crippen molar-refractivity contribution < 1.29 is 4.42 Å². The third-order valence-electron chi connectivity index (χ3n) is 4.09. The summed E-state index contributed by atoms with van der Waals surface area (Å²) in [6.07, 6.45) is 5.25. The van der Waals surface area contributed by atoms with E-state index in [0.29, 0.717) is 11.6 Å². The number of oxazole rings is 1. The predicted octanol–water partition coefficient (Wildman–Crippen LogP) is 2.96. The quantitative estimate of drug-likeness (QED) is 0.869. The number of hydrogen-bond donors (Lipinski definition) is 2. The molecule has 1 aromatic carbocycles. The summed E-state index contributed by atoms with van der Waals surface area (Å²) in [4.78, 5) is 13.9. The SMILES string of the molecule is CCNC(CC1CCC1)c1ccc2[nH]c(=O)oc2c1. The Labute approximate surface area is 112 Å². The van der Waals surface area contributed by atoms with E-state index in [1.165, 1.54) is 31.2 Å². The molecule has 0 aliphatic heterocycles. The average molecular weight is 260 g/mol. The maximum Gasteiger partial charge on any atom is 0.417 e. The summed E-state index contributed by atoms with van der Waals surface area (Å²) in [5.74, 6) is 0.462. The standard InChI is InChI=1S/C15H20N2O2/c1-2-16-13(8-10-4-3-5-10)11-6-7-12-14(9-11)19-15(18)17-12/h6-7,9-10,13,16H,2-5,8H2,1H3,(H,17,18). The second-order valence-electron chi connectivity index (χ2n) is 5.41. The molecule has 1 unspecified atom stereocenters. The molecular weight excluding hydrogens is 240 g/mol. The second-order valence-corrected chi connectivity index (χ2v) is 5.41. The van der Waals surface area contributed by atoms with Gasteiger partial charge in [-0.3, -0.25) is 4.98 Å². The van der Waals surface area contributed by atoms with Crippen molar-refractivity contribution in [2.24, 2.45) is 5.92 Å². The number of rotatable bonds is 5. The molecule has 4 nitrogen and oxygen atoms in total. The number of fused-ring (bicyclic) bond motifs is 1. The monoisotopic (exact) mass is 260 g/mol. The van der Waals surface area contributed by atoms with Crippen LogP contribution in [-0.4, -0.2) is 11.5 Å². The van der Waals surface area contributed by atoms with E-state index in [-0.39, 0.29) is 5.76 Å². The van der Waals surface area contributed by atoms with Gasteiger partial charge in [0.05, 0.1) is 5.52 Å². The minimum Gasteiger partial charge on any atom is -0.408 e. The fraction of sp³-hybridized carbons (Fsp3) is 0.533. The highest BCUT2D eigenvalue weighted by Crippen LogP contribution is 2.35. The van der Waals surface area contributed by atoms with Gasteiger partial charge in [-0.25, -0.2) is 4.79 Å². The maximum atomic E-state index is 11.2. The lowest BCUT2D eigenvalue weighted by atomic mass is 9.79. The number of aromatic nitrogens is 1. The third kappa shape index (κ3) is 2.59. The molecule has 102 valence electrons. The minimum absolute atomic E-state index is 0.361. The van der Waals surface area contributed by atoms with Crippen molar-refractivity contribution >= 4 is 11.1 Å². The van der Waals surface area contributed by atoms with Crippen LogP contribution >= 0.6 is 0 Å². The van der Waals surface area contributed by atoms with E-state index in [4.69, 9.17) is 4.42 Å². The van der Waals surface area contributed by atoms with Crippen molar-refractivity contribution in [3.8, 4) is 0 Å². The second kappa shape index (κ2) is 5.21. The summed E-state index contributed by atoms with van der Waals surface area (Å²) in [7, 11) is 0. The zero-order valence-corrected chi connectivity index (χ0v) is 11.2.